The second-order valence-corrected chi connectivity index (χ2v) is 9.00. The Morgan fingerprint density at radius 3 is 1.83 bits per heavy atom. The smallest absolute Gasteiger partial charge is 0.407 e. The molecule has 0 aliphatic carbocycles. The quantitative estimate of drug-likeness (QED) is 0.416. The van der Waals surface area contributed by atoms with Crippen molar-refractivity contribution in [3.63, 3.8) is 0 Å². The molecule has 3 aromatic heterocycles. The van der Waals surface area contributed by atoms with Gasteiger partial charge in [0.1, 0.15) is 11.6 Å². The molecule has 36 heavy (non-hydrogen) atoms. The number of fused-ring (bicyclic) bond motifs is 2. The Labute approximate surface area is 209 Å². The summed E-state index contributed by atoms with van der Waals surface area (Å²) in [6, 6.07) is 5.97. The maximum atomic E-state index is 12.1. The number of imidazole rings is 2. The van der Waals surface area contributed by atoms with E-state index >= 15 is 0 Å². The molecule has 2 N–H and O–H groups in total. The van der Waals surface area contributed by atoms with Crippen molar-refractivity contribution >= 4 is 12.2 Å². The molecule has 5 heterocycles. The molecule has 2 unspecified atom stereocenters. The largest absolute Gasteiger partial charge is 0.438 e. The third-order valence-electron chi connectivity index (χ3n) is 6.46. The van der Waals surface area contributed by atoms with Crippen LogP contribution in [0.1, 0.15) is 60.9 Å². The number of hydrogen-bond donors (Lipinski definition) is 2. The van der Waals surface area contributed by atoms with Crippen molar-refractivity contribution in [2.75, 3.05) is 13.1 Å². The van der Waals surface area contributed by atoms with Crippen LogP contribution in [0.4, 0.5) is 9.59 Å². The van der Waals surface area contributed by atoms with Gasteiger partial charge < -0.3 is 29.2 Å². The maximum Gasteiger partial charge on any atom is 0.407 e. The van der Waals surface area contributed by atoms with Crippen molar-refractivity contribution in [2.24, 2.45) is 0 Å². The minimum atomic E-state index is -0.414. The van der Waals surface area contributed by atoms with Crippen molar-refractivity contribution in [1.29, 1.82) is 0 Å². The van der Waals surface area contributed by atoms with Gasteiger partial charge in [-0.1, -0.05) is 6.07 Å². The summed E-state index contributed by atoms with van der Waals surface area (Å²) in [6.07, 6.45) is 10.4. The van der Waals surface area contributed by atoms with E-state index in [0.29, 0.717) is 13.1 Å². The number of carbonyl (C=O) groups excluding carboxylic acids is 2. The standard InChI is InChI=1S/C25H31N7O4/c33-24(35-20-8-14-31-16-12-26-22(20)31)28-10-2-6-18-4-1-5-19(30-18)7-3-11-29-25(34)36-21-9-15-32-17-13-27-23(21)32/h1,4-5,12-13,16-17,20-21H,2-3,6-11,14-15H2,(H,28,33)(H,29,34). The number of carbonyl (C=O) groups is 2. The zero-order valence-electron chi connectivity index (χ0n) is 20.1. The minimum Gasteiger partial charge on any atom is -0.438 e. The lowest BCUT2D eigenvalue weighted by Crippen LogP contribution is -2.27. The zero-order valence-corrected chi connectivity index (χ0v) is 20.1. The molecule has 0 saturated heterocycles. The third-order valence-corrected chi connectivity index (χ3v) is 6.46. The molecule has 2 atom stereocenters. The van der Waals surface area contributed by atoms with Gasteiger partial charge in [0.05, 0.1) is 0 Å². The highest BCUT2D eigenvalue weighted by Gasteiger charge is 2.27. The molecule has 0 saturated carbocycles. The van der Waals surface area contributed by atoms with Crippen LogP contribution in [-0.4, -0.2) is 49.4 Å². The fourth-order valence-corrected chi connectivity index (χ4v) is 4.66. The topological polar surface area (TPSA) is 125 Å². The normalized spacial score (nSPS) is 17.9. The third kappa shape index (κ3) is 5.84. The number of aryl methyl sites for hydroxylation is 4. The summed E-state index contributed by atoms with van der Waals surface area (Å²) in [5.74, 6) is 1.61. The van der Waals surface area contributed by atoms with Gasteiger partial charge in [0.2, 0.25) is 0 Å². The molecule has 2 amide bonds. The molecule has 11 heteroatoms. The van der Waals surface area contributed by atoms with Crippen LogP contribution in [0.15, 0.2) is 43.0 Å². The minimum absolute atomic E-state index is 0.276. The van der Waals surface area contributed by atoms with E-state index in [9.17, 15) is 9.59 Å². The predicted molar refractivity (Wildman–Crippen MR) is 129 cm³/mol. The van der Waals surface area contributed by atoms with Crippen LogP contribution in [0.2, 0.25) is 0 Å². The van der Waals surface area contributed by atoms with Crippen molar-refractivity contribution < 1.29 is 19.1 Å². The summed E-state index contributed by atoms with van der Waals surface area (Å²) < 4.78 is 15.0. The molecule has 0 bridgehead atoms. The van der Waals surface area contributed by atoms with Gasteiger partial charge in [0, 0.05) is 75.2 Å². The van der Waals surface area contributed by atoms with Crippen LogP contribution in [-0.2, 0) is 35.4 Å². The van der Waals surface area contributed by atoms with E-state index in [1.165, 1.54) is 0 Å². The van der Waals surface area contributed by atoms with Gasteiger partial charge in [-0.05, 0) is 37.8 Å². The first kappa shape index (κ1) is 23.8. The van der Waals surface area contributed by atoms with E-state index in [1.54, 1.807) is 12.4 Å². The van der Waals surface area contributed by atoms with Crippen molar-refractivity contribution in [1.82, 2.24) is 34.7 Å². The van der Waals surface area contributed by atoms with Crippen LogP contribution in [0.5, 0.6) is 0 Å². The van der Waals surface area contributed by atoms with Crippen molar-refractivity contribution in [3.05, 3.63) is 66.0 Å². The Morgan fingerprint density at radius 2 is 1.33 bits per heavy atom. The monoisotopic (exact) mass is 493 g/mol. The lowest BCUT2D eigenvalue weighted by Gasteiger charge is -2.12. The Balaban J connectivity index is 0.955. The fraction of sp³-hybridized carbons (Fsp3) is 0.480. The molecule has 0 radical (unpaired) electrons. The Hall–Kier alpha value is -3.89. The first-order valence-electron chi connectivity index (χ1n) is 12.5. The van der Waals surface area contributed by atoms with E-state index in [2.05, 4.69) is 20.6 Å². The summed E-state index contributed by atoms with van der Waals surface area (Å²) in [5.41, 5.74) is 1.95. The molecule has 2 aliphatic heterocycles. The van der Waals surface area contributed by atoms with E-state index in [0.717, 1.165) is 74.7 Å². The summed E-state index contributed by atoms with van der Waals surface area (Å²) >= 11 is 0. The molecule has 0 spiro atoms. The highest BCUT2D eigenvalue weighted by atomic mass is 16.6. The molecule has 2 aliphatic rings. The van der Waals surface area contributed by atoms with Crippen LogP contribution >= 0.6 is 0 Å². The molecule has 5 rings (SSSR count). The second-order valence-electron chi connectivity index (χ2n) is 9.00. The van der Waals surface area contributed by atoms with Crippen molar-refractivity contribution in [3.8, 4) is 0 Å². The Kier molecular flexibility index (Phi) is 7.44. The Bertz CT molecular complexity index is 1100. The van der Waals surface area contributed by atoms with Gasteiger partial charge in [-0.25, -0.2) is 19.6 Å². The average molecular weight is 494 g/mol. The predicted octanol–water partition coefficient (Wildman–Crippen LogP) is 3.08. The van der Waals surface area contributed by atoms with E-state index < -0.39 is 12.2 Å². The van der Waals surface area contributed by atoms with Crippen LogP contribution in [0.3, 0.4) is 0 Å². The highest BCUT2D eigenvalue weighted by Crippen LogP contribution is 2.28. The number of ether oxygens (including phenoxy) is 2. The number of pyridine rings is 1. The highest BCUT2D eigenvalue weighted by molar-refractivity contribution is 5.67. The number of nitrogens with zero attached hydrogens (tertiary/aromatic N) is 5. The number of alkyl carbamates (subject to hydrolysis) is 2. The van der Waals surface area contributed by atoms with Gasteiger partial charge in [-0.2, -0.15) is 0 Å². The number of nitrogens with one attached hydrogen (secondary N) is 2. The second kappa shape index (κ2) is 11.2. The summed E-state index contributed by atoms with van der Waals surface area (Å²) in [7, 11) is 0. The SMILES string of the molecule is O=C(NCCCc1cccc(CCCNC(=O)OC2CCn3ccnc32)n1)OC1CCn2ccnc21. The molecular weight excluding hydrogens is 462 g/mol. The molecule has 190 valence electrons. The summed E-state index contributed by atoms with van der Waals surface area (Å²) in [6.45, 7) is 2.67. The number of aromatic nitrogens is 5. The van der Waals surface area contributed by atoms with Gasteiger partial charge in [0.25, 0.3) is 0 Å². The molecule has 0 fully saturated rings. The fourth-order valence-electron chi connectivity index (χ4n) is 4.66. The van der Waals surface area contributed by atoms with Crippen LogP contribution in [0, 0.1) is 0 Å². The first-order chi connectivity index (χ1) is 17.7. The lowest BCUT2D eigenvalue weighted by molar-refractivity contribution is 0.0954. The number of rotatable bonds is 10. The number of amides is 2. The molecule has 11 nitrogen and oxygen atoms in total. The molecular formula is C25H31N7O4. The zero-order chi connectivity index (χ0) is 24.7. The van der Waals surface area contributed by atoms with Gasteiger partial charge in [-0.3, -0.25) is 4.98 Å². The average Bonchev–Trinajstić information content (AvgIpc) is 3.65. The maximum absolute atomic E-state index is 12.1. The first-order valence-corrected chi connectivity index (χ1v) is 12.5. The van der Waals surface area contributed by atoms with Crippen LogP contribution in [0.25, 0.3) is 0 Å². The lowest BCUT2D eigenvalue weighted by atomic mass is 10.1. The molecule has 0 aromatic carbocycles. The molecule has 3 aromatic rings. The summed E-state index contributed by atoms with van der Waals surface area (Å²) in [4.78, 5) is 37.4. The van der Waals surface area contributed by atoms with Gasteiger partial charge in [0.15, 0.2) is 12.2 Å². The van der Waals surface area contributed by atoms with Crippen molar-refractivity contribution in [2.45, 2.75) is 63.8 Å². The van der Waals surface area contributed by atoms with Crippen LogP contribution < -0.4 is 10.6 Å². The number of hydrogen-bond acceptors (Lipinski definition) is 7. The van der Waals surface area contributed by atoms with Gasteiger partial charge in [-0.15, -0.1) is 0 Å². The van der Waals surface area contributed by atoms with E-state index in [4.69, 9.17) is 14.5 Å². The summed E-state index contributed by atoms with van der Waals surface area (Å²) in [5, 5.41) is 5.63. The van der Waals surface area contributed by atoms with E-state index in [-0.39, 0.29) is 12.2 Å². The van der Waals surface area contributed by atoms with Gasteiger partial charge >= 0.3 is 12.2 Å². The van der Waals surface area contributed by atoms with E-state index in [1.807, 2.05) is 39.7 Å². The Morgan fingerprint density at radius 1 is 0.833 bits per heavy atom.